The summed E-state index contributed by atoms with van der Waals surface area (Å²) in [5.74, 6) is -0.153. The number of nitrogens with one attached hydrogen (secondary N) is 1. The molecule has 0 bridgehead atoms. The molecule has 1 aromatic carbocycles. The molecule has 2 amide bonds. The second-order valence-electron chi connectivity index (χ2n) is 5.62. The van der Waals surface area contributed by atoms with Gasteiger partial charge < -0.3 is 5.32 Å². The molecule has 0 unspecified atom stereocenters. The molecule has 8 heteroatoms. The Bertz CT molecular complexity index is 835. The van der Waals surface area contributed by atoms with Gasteiger partial charge in [-0.15, -0.1) is 0 Å². The zero-order chi connectivity index (χ0) is 17.8. The number of halogens is 1. The normalized spacial score (nSPS) is 14.2. The van der Waals surface area contributed by atoms with Crippen LogP contribution < -0.4 is 5.32 Å². The minimum absolute atomic E-state index is 0.110. The van der Waals surface area contributed by atoms with E-state index in [0.29, 0.717) is 29.4 Å². The zero-order valence-electron chi connectivity index (χ0n) is 13.6. The predicted molar refractivity (Wildman–Crippen MR) is 94.4 cm³/mol. The van der Waals surface area contributed by atoms with Crippen molar-refractivity contribution >= 4 is 34.9 Å². The van der Waals surface area contributed by atoms with E-state index < -0.39 is 0 Å². The lowest BCUT2D eigenvalue weighted by atomic mass is 10.1. The largest absolute Gasteiger partial charge is 0.304 e. The van der Waals surface area contributed by atoms with Gasteiger partial charge in [0.1, 0.15) is 5.71 Å². The molecular weight excluding hydrogens is 342 g/mol. The van der Waals surface area contributed by atoms with Crippen LogP contribution in [0.5, 0.6) is 0 Å². The number of carbonyl (C=O) groups excluding carboxylic acids is 2. The smallest absolute Gasteiger partial charge is 0.273 e. The van der Waals surface area contributed by atoms with Crippen LogP contribution in [0, 0.1) is 0 Å². The summed E-state index contributed by atoms with van der Waals surface area (Å²) >= 11 is 5.97. The van der Waals surface area contributed by atoms with Crippen LogP contribution in [0.4, 0.5) is 5.82 Å². The van der Waals surface area contributed by atoms with Gasteiger partial charge in [0.25, 0.3) is 5.91 Å². The van der Waals surface area contributed by atoms with E-state index in [4.69, 9.17) is 11.6 Å². The standard InChI is InChI=1S/C17H16ClN5O2/c1-23-16(24)6-5-14(22-23)17(25)21-15-10-19-13(9-20-15)8-11-3-2-4-12(18)7-11/h2-4,7,9-10H,5-6,8H2,1H3,(H,20,21,25). The highest BCUT2D eigenvalue weighted by atomic mass is 35.5. The summed E-state index contributed by atoms with van der Waals surface area (Å²) in [6.45, 7) is 0. The van der Waals surface area contributed by atoms with Gasteiger partial charge in [-0.1, -0.05) is 23.7 Å². The van der Waals surface area contributed by atoms with Crippen molar-refractivity contribution in [3.05, 3.63) is 52.9 Å². The van der Waals surface area contributed by atoms with E-state index in [1.54, 1.807) is 6.20 Å². The number of benzene rings is 1. The predicted octanol–water partition coefficient (Wildman–Crippen LogP) is 2.27. The molecule has 1 aliphatic rings. The highest BCUT2D eigenvalue weighted by Crippen LogP contribution is 2.14. The molecule has 0 fully saturated rings. The van der Waals surface area contributed by atoms with Crippen molar-refractivity contribution in [1.29, 1.82) is 0 Å². The van der Waals surface area contributed by atoms with Crippen molar-refractivity contribution < 1.29 is 9.59 Å². The molecule has 0 saturated carbocycles. The second-order valence-corrected chi connectivity index (χ2v) is 6.05. The van der Waals surface area contributed by atoms with Crippen molar-refractivity contribution in [2.45, 2.75) is 19.3 Å². The van der Waals surface area contributed by atoms with Gasteiger partial charge >= 0.3 is 0 Å². The third-order valence-electron chi connectivity index (χ3n) is 3.69. The van der Waals surface area contributed by atoms with Crippen LogP contribution >= 0.6 is 11.6 Å². The third-order valence-corrected chi connectivity index (χ3v) is 3.93. The monoisotopic (exact) mass is 357 g/mol. The summed E-state index contributed by atoms with van der Waals surface area (Å²) in [6, 6.07) is 7.53. The molecule has 0 atom stereocenters. The molecule has 2 heterocycles. The Balaban J connectivity index is 1.63. The summed E-state index contributed by atoms with van der Waals surface area (Å²) in [6.07, 6.45) is 4.29. The van der Waals surface area contributed by atoms with E-state index in [1.165, 1.54) is 18.3 Å². The minimum Gasteiger partial charge on any atom is -0.304 e. The molecule has 1 aromatic heterocycles. The first-order valence-corrected chi connectivity index (χ1v) is 8.10. The summed E-state index contributed by atoms with van der Waals surface area (Å²) in [5.41, 5.74) is 2.09. The van der Waals surface area contributed by atoms with Gasteiger partial charge in [-0.2, -0.15) is 5.10 Å². The van der Waals surface area contributed by atoms with Crippen molar-refractivity contribution in [1.82, 2.24) is 15.0 Å². The minimum atomic E-state index is -0.378. The lowest BCUT2D eigenvalue weighted by Crippen LogP contribution is -2.34. The quantitative estimate of drug-likeness (QED) is 0.909. The van der Waals surface area contributed by atoms with Crippen LogP contribution in [0.15, 0.2) is 41.8 Å². The lowest BCUT2D eigenvalue weighted by molar-refractivity contribution is -0.130. The number of hydrogen-bond acceptors (Lipinski definition) is 5. The van der Waals surface area contributed by atoms with Gasteiger partial charge in [0, 0.05) is 31.3 Å². The molecule has 1 N–H and O–H groups in total. The number of rotatable bonds is 4. The maximum atomic E-state index is 12.2. The van der Waals surface area contributed by atoms with E-state index >= 15 is 0 Å². The second kappa shape index (κ2) is 7.40. The number of hydrazone groups is 1. The number of nitrogens with zero attached hydrogens (tertiary/aromatic N) is 4. The summed E-state index contributed by atoms with van der Waals surface area (Å²) < 4.78 is 0. The van der Waals surface area contributed by atoms with Crippen LogP contribution in [-0.2, 0) is 16.0 Å². The Morgan fingerprint density at radius 3 is 2.80 bits per heavy atom. The SMILES string of the molecule is CN1N=C(C(=O)Nc2cnc(Cc3cccc(Cl)c3)cn2)CCC1=O. The number of hydrogen-bond donors (Lipinski definition) is 1. The first kappa shape index (κ1) is 17.0. The zero-order valence-corrected chi connectivity index (χ0v) is 14.3. The number of amides is 2. The van der Waals surface area contributed by atoms with Crippen LogP contribution in [0.25, 0.3) is 0 Å². The first-order chi connectivity index (χ1) is 12.0. The number of anilines is 1. The van der Waals surface area contributed by atoms with Crippen molar-refractivity contribution in [2.75, 3.05) is 12.4 Å². The topological polar surface area (TPSA) is 87.6 Å². The molecule has 0 radical (unpaired) electrons. The Labute approximate surface area is 149 Å². The van der Waals surface area contributed by atoms with Gasteiger partial charge in [0.15, 0.2) is 5.82 Å². The highest BCUT2D eigenvalue weighted by Gasteiger charge is 2.22. The lowest BCUT2D eigenvalue weighted by Gasteiger charge is -2.18. The van der Waals surface area contributed by atoms with Gasteiger partial charge in [-0.05, 0) is 17.7 Å². The fraction of sp³-hybridized carbons (Fsp3) is 0.235. The van der Waals surface area contributed by atoms with Gasteiger partial charge in [-0.25, -0.2) is 9.99 Å². The van der Waals surface area contributed by atoms with Gasteiger partial charge in [0.05, 0.1) is 18.1 Å². The molecule has 128 valence electrons. The Morgan fingerprint density at radius 2 is 2.12 bits per heavy atom. The highest BCUT2D eigenvalue weighted by molar-refractivity contribution is 6.43. The van der Waals surface area contributed by atoms with Crippen molar-refractivity contribution in [3.8, 4) is 0 Å². The molecule has 1 aliphatic heterocycles. The Morgan fingerprint density at radius 1 is 1.28 bits per heavy atom. The number of aromatic nitrogens is 2. The first-order valence-electron chi connectivity index (χ1n) is 7.72. The van der Waals surface area contributed by atoms with Crippen molar-refractivity contribution in [2.24, 2.45) is 5.10 Å². The molecule has 0 spiro atoms. The Hall–Kier alpha value is -2.80. The molecule has 0 aliphatic carbocycles. The van der Waals surface area contributed by atoms with E-state index in [9.17, 15) is 9.59 Å². The maximum absolute atomic E-state index is 12.2. The Kier molecular flexibility index (Phi) is 5.04. The van der Waals surface area contributed by atoms with E-state index in [-0.39, 0.29) is 18.2 Å². The number of carbonyl (C=O) groups is 2. The summed E-state index contributed by atoms with van der Waals surface area (Å²) in [5, 5.41) is 8.46. The third kappa shape index (κ3) is 4.39. The average molecular weight is 358 g/mol. The fourth-order valence-corrected chi connectivity index (χ4v) is 2.60. The van der Waals surface area contributed by atoms with Gasteiger partial charge in [0.2, 0.25) is 5.91 Å². The maximum Gasteiger partial charge on any atom is 0.273 e. The van der Waals surface area contributed by atoms with Crippen LogP contribution in [-0.4, -0.2) is 39.6 Å². The van der Waals surface area contributed by atoms with Crippen LogP contribution in [0.2, 0.25) is 5.02 Å². The fourth-order valence-electron chi connectivity index (χ4n) is 2.39. The molecule has 25 heavy (non-hydrogen) atoms. The van der Waals surface area contributed by atoms with E-state index in [0.717, 1.165) is 11.3 Å². The van der Waals surface area contributed by atoms with Crippen LogP contribution in [0.1, 0.15) is 24.1 Å². The van der Waals surface area contributed by atoms with Crippen molar-refractivity contribution in [3.63, 3.8) is 0 Å². The van der Waals surface area contributed by atoms with E-state index in [2.05, 4.69) is 20.4 Å². The van der Waals surface area contributed by atoms with Crippen LogP contribution in [0.3, 0.4) is 0 Å². The summed E-state index contributed by atoms with van der Waals surface area (Å²) in [4.78, 5) is 32.1. The van der Waals surface area contributed by atoms with E-state index in [1.807, 2.05) is 24.3 Å². The summed E-state index contributed by atoms with van der Waals surface area (Å²) in [7, 11) is 1.53. The molecule has 0 saturated heterocycles. The molecular formula is C17H16ClN5O2. The van der Waals surface area contributed by atoms with Gasteiger partial charge in [-0.3, -0.25) is 14.6 Å². The average Bonchev–Trinajstić information content (AvgIpc) is 2.59. The molecule has 3 rings (SSSR count). The molecule has 2 aromatic rings. The molecule has 7 nitrogen and oxygen atoms in total.